The van der Waals surface area contributed by atoms with Crippen LogP contribution in [0, 0.1) is 18.8 Å². The van der Waals surface area contributed by atoms with Crippen LogP contribution in [0.2, 0.25) is 5.02 Å². The maximum Gasteiger partial charge on any atom is 0.337 e. The molecule has 2 aliphatic rings. The van der Waals surface area contributed by atoms with Crippen LogP contribution < -0.4 is 11.1 Å². The van der Waals surface area contributed by atoms with E-state index in [2.05, 4.69) is 16.6 Å². The number of methoxy groups -OCH3 is 1. The first-order chi connectivity index (χ1) is 20.3. The minimum absolute atomic E-state index is 0.107. The van der Waals surface area contributed by atoms with E-state index in [1.54, 1.807) is 36.4 Å². The lowest BCUT2D eigenvalue weighted by molar-refractivity contribution is -0.122. The molecule has 0 aromatic heterocycles. The van der Waals surface area contributed by atoms with Crippen molar-refractivity contribution in [1.29, 1.82) is 0 Å². The zero-order chi connectivity index (χ0) is 31.9. The van der Waals surface area contributed by atoms with Crippen LogP contribution in [0.4, 0.5) is 24.5 Å². The molecule has 4 atom stereocenters. The average molecular weight is 641 g/mol. The van der Waals surface area contributed by atoms with Crippen molar-refractivity contribution < 1.29 is 32.6 Å². The number of benzene rings is 2. The van der Waals surface area contributed by atoms with Crippen LogP contribution >= 0.6 is 23.2 Å². The number of aliphatic hydroxyl groups is 1. The zero-order valence-corrected chi connectivity index (χ0v) is 25.2. The van der Waals surface area contributed by atoms with Crippen molar-refractivity contribution in [2.45, 2.75) is 37.8 Å². The van der Waals surface area contributed by atoms with Crippen molar-refractivity contribution in [3.05, 3.63) is 94.3 Å². The fourth-order valence-electron chi connectivity index (χ4n) is 4.81. The molecule has 1 aliphatic carbocycles. The quantitative estimate of drug-likeness (QED) is 0.164. The summed E-state index contributed by atoms with van der Waals surface area (Å²) in [6.45, 7) is 4.88. The Morgan fingerprint density at radius 3 is 2.53 bits per heavy atom. The first-order valence-corrected chi connectivity index (χ1v) is 14.2. The second-order valence-electron chi connectivity index (χ2n) is 10.4. The van der Waals surface area contributed by atoms with Gasteiger partial charge >= 0.3 is 5.97 Å². The number of hydrogen-bond acceptors (Lipinski definition) is 6. The third-order valence-electron chi connectivity index (χ3n) is 7.28. The fraction of sp³-hybridized carbons (Fsp3) is 0.355. The predicted octanol–water partition coefficient (Wildman–Crippen LogP) is 6.51. The number of alkyl halides is 2. The number of likely N-dealkylation sites (tertiary alicyclic amines) is 1. The molecule has 1 heterocycles. The average Bonchev–Trinajstić information content (AvgIpc) is 3.38. The first-order valence-electron chi connectivity index (χ1n) is 13.4. The summed E-state index contributed by atoms with van der Waals surface area (Å²) in [5.74, 6) is -6.17. The number of hydrogen-bond donors (Lipinski definition) is 3. The summed E-state index contributed by atoms with van der Waals surface area (Å²) in [4.78, 5) is 25.6. The molecule has 3 unspecified atom stereocenters. The van der Waals surface area contributed by atoms with Crippen LogP contribution in [-0.2, 0) is 9.53 Å². The van der Waals surface area contributed by atoms with Gasteiger partial charge in [-0.25, -0.2) is 18.0 Å². The monoisotopic (exact) mass is 639 g/mol. The van der Waals surface area contributed by atoms with Gasteiger partial charge < -0.3 is 20.9 Å². The Hall–Kier alpha value is -3.31. The number of nitrogens with one attached hydrogen (secondary N) is 1. The number of aliphatic hydroxyl groups excluding tert-OH is 1. The van der Waals surface area contributed by atoms with Crippen LogP contribution in [0.1, 0.15) is 28.8 Å². The van der Waals surface area contributed by atoms with E-state index in [-0.39, 0.29) is 37.0 Å². The number of allylic oxidation sites excluding steroid dienone is 4. The summed E-state index contributed by atoms with van der Waals surface area (Å²) in [6, 6.07) is 9.84. The Morgan fingerprint density at radius 1 is 1.28 bits per heavy atom. The van der Waals surface area contributed by atoms with Crippen molar-refractivity contribution >= 4 is 46.5 Å². The summed E-state index contributed by atoms with van der Waals surface area (Å²) in [5, 5.41) is 13.1. The van der Waals surface area contributed by atoms with Crippen LogP contribution in [0.25, 0.3) is 0 Å². The number of esters is 1. The molecular weight excluding hydrogens is 606 g/mol. The maximum atomic E-state index is 15.0. The summed E-state index contributed by atoms with van der Waals surface area (Å²) < 4.78 is 46.7. The highest BCUT2D eigenvalue weighted by Gasteiger charge is 2.59. The Bertz CT molecular complexity index is 1400. The molecule has 2 fully saturated rings. The molecule has 0 bridgehead atoms. The lowest BCUT2D eigenvalue weighted by atomic mass is 9.96. The number of carbonyl (C=O) groups is 2. The van der Waals surface area contributed by atoms with E-state index >= 15 is 4.39 Å². The first kappa shape index (κ1) is 34.2. The van der Waals surface area contributed by atoms with E-state index in [1.165, 1.54) is 36.3 Å². The van der Waals surface area contributed by atoms with Crippen molar-refractivity contribution in [3.8, 4) is 0 Å². The van der Waals surface area contributed by atoms with Gasteiger partial charge in [0.2, 0.25) is 5.91 Å². The SMILES string of the molecule is C=C(Cl)/C=C\C=C(/F)C1C[C@H](CO)N(CC2CC2(F)F)C1C(=O)Nc1cccc(Cl)c1.COC(=O)c1ccc(C)c(N)c1. The number of nitrogens with two attached hydrogens (primary N) is 1. The molecule has 1 saturated heterocycles. The molecule has 0 radical (unpaired) electrons. The molecule has 1 amide bonds. The lowest BCUT2D eigenvalue weighted by Crippen LogP contribution is -2.47. The van der Waals surface area contributed by atoms with E-state index < -0.39 is 41.6 Å². The van der Waals surface area contributed by atoms with Gasteiger partial charge in [-0.2, -0.15) is 0 Å². The minimum Gasteiger partial charge on any atom is -0.465 e. The largest absolute Gasteiger partial charge is 0.465 e. The van der Waals surface area contributed by atoms with Crippen LogP contribution in [0.15, 0.2) is 78.1 Å². The highest BCUT2D eigenvalue weighted by molar-refractivity contribution is 6.31. The van der Waals surface area contributed by atoms with E-state index in [9.17, 15) is 23.5 Å². The Labute approximate surface area is 258 Å². The Kier molecular flexibility index (Phi) is 11.9. The Morgan fingerprint density at radius 2 is 1.98 bits per heavy atom. The molecule has 43 heavy (non-hydrogen) atoms. The van der Waals surface area contributed by atoms with Gasteiger partial charge in [-0.1, -0.05) is 48.0 Å². The third kappa shape index (κ3) is 9.34. The molecule has 2 aromatic carbocycles. The number of carbonyl (C=O) groups excluding carboxylic acids is 2. The number of nitrogens with zero attached hydrogens (tertiary/aromatic N) is 1. The number of nitrogen functional groups attached to an aromatic ring is 1. The second kappa shape index (κ2) is 14.9. The number of halogens is 5. The van der Waals surface area contributed by atoms with E-state index in [0.29, 0.717) is 22.0 Å². The van der Waals surface area contributed by atoms with E-state index in [4.69, 9.17) is 28.9 Å². The number of rotatable bonds is 9. The topological polar surface area (TPSA) is 105 Å². The molecule has 0 spiro atoms. The van der Waals surface area contributed by atoms with Gasteiger partial charge in [0.25, 0.3) is 5.92 Å². The van der Waals surface area contributed by atoms with E-state index in [0.717, 1.165) is 5.56 Å². The lowest BCUT2D eigenvalue weighted by Gasteiger charge is -2.30. The number of aryl methyl sites for hydroxylation is 1. The molecule has 2 aromatic rings. The van der Waals surface area contributed by atoms with Gasteiger partial charge in [0.05, 0.1) is 25.3 Å². The van der Waals surface area contributed by atoms with Gasteiger partial charge in [0, 0.05) is 52.3 Å². The Balaban J connectivity index is 0.000000353. The normalized spacial score (nSPS) is 22.9. The third-order valence-corrected chi connectivity index (χ3v) is 7.64. The van der Waals surface area contributed by atoms with Gasteiger partial charge in [0.1, 0.15) is 5.83 Å². The van der Waals surface area contributed by atoms with Crippen molar-refractivity contribution in [2.75, 3.05) is 31.3 Å². The molecule has 4 N–H and O–H groups in total. The molecule has 7 nitrogen and oxygen atoms in total. The predicted molar refractivity (Wildman–Crippen MR) is 163 cm³/mol. The van der Waals surface area contributed by atoms with Gasteiger partial charge in [0.15, 0.2) is 0 Å². The van der Waals surface area contributed by atoms with Crippen molar-refractivity contribution in [2.24, 2.45) is 11.8 Å². The van der Waals surface area contributed by atoms with Crippen LogP contribution in [0.3, 0.4) is 0 Å². The molecule has 1 aliphatic heterocycles. The fourth-order valence-corrected chi connectivity index (χ4v) is 5.08. The summed E-state index contributed by atoms with van der Waals surface area (Å²) >= 11 is 11.6. The summed E-state index contributed by atoms with van der Waals surface area (Å²) in [5.41, 5.74) is 8.07. The highest BCUT2D eigenvalue weighted by Crippen LogP contribution is 2.50. The molecule has 1 saturated carbocycles. The molecule has 232 valence electrons. The van der Waals surface area contributed by atoms with Gasteiger partial charge in [-0.3, -0.25) is 9.69 Å². The smallest absolute Gasteiger partial charge is 0.337 e. The van der Waals surface area contributed by atoms with Crippen LogP contribution in [-0.4, -0.2) is 60.2 Å². The van der Waals surface area contributed by atoms with E-state index in [1.807, 2.05) is 6.92 Å². The summed E-state index contributed by atoms with van der Waals surface area (Å²) in [7, 11) is 1.35. The minimum atomic E-state index is -2.80. The van der Waals surface area contributed by atoms with Gasteiger partial charge in [-0.05, 0) is 61.4 Å². The standard InChI is InChI=1S/C22H23Cl2F3N2O2.C9H11NO2/c1-13(23)4-2-7-19(25)18-9-17(12-30)29(11-14-10-22(14,26)27)20(18)21(31)28-16-6-3-5-15(24)8-16;1-6-3-4-7(5-8(6)10)9(11)12-2/h2-8,14,17-18,20,30H,1,9-12H2,(H,28,31);3-5H,10H2,1-2H3/b4-2-,19-7-;/t14?,17-,18?,20?;/m1./s1. The van der Waals surface area contributed by atoms with Crippen molar-refractivity contribution in [1.82, 2.24) is 4.90 Å². The highest BCUT2D eigenvalue weighted by atomic mass is 35.5. The molecule has 12 heteroatoms. The van der Waals surface area contributed by atoms with Gasteiger partial charge in [-0.15, -0.1) is 0 Å². The molecule has 4 rings (SSSR count). The summed E-state index contributed by atoms with van der Waals surface area (Å²) in [6.07, 6.45) is 3.75. The second-order valence-corrected chi connectivity index (χ2v) is 11.3. The zero-order valence-electron chi connectivity index (χ0n) is 23.7. The number of anilines is 2. The molecular formula is C31H34Cl2F3N3O4. The van der Waals surface area contributed by atoms with Crippen LogP contribution in [0.5, 0.6) is 0 Å². The number of ether oxygens (including phenoxy) is 1. The maximum absolute atomic E-state index is 15.0. The number of amides is 1. The van der Waals surface area contributed by atoms with Crippen molar-refractivity contribution in [3.63, 3.8) is 0 Å².